The standard InChI is InChI=1S/C17H30N4S/c1-5-18-17(19-10-11-22-4)20-13-15-8-7-9-16(12-15)14-21(3)6-2/h7-9,12H,5-6,10-11,13-14H2,1-4H3,(H2,18,19,20). The summed E-state index contributed by atoms with van der Waals surface area (Å²) in [5.41, 5.74) is 2.60. The van der Waals surface area contributed by atoms with Crippen molar-refractivity contribution in [1.29, 1.82) is 0 Å². The first kappa shape index (κ1) is 18.8. The van der Waals surface area contributed by atoms with Crippen LogP contribution in [-0.2, 0) is 13.1 Å². The Morgan fingerprint density at radius 3 is 2.68 bits per heavy atom. The largest absolute Gasteiger partial charge is 0.357 e. The molecule has 1 aromatic rings. The van der Waals surface area contributed by atoms with E-state index in [-0.39, 0.29) is 0 Å². The van der Waals surface area contributed by atoms with Crippen molar-refractivity contribution in [3.05, 3.63) is 35.4 Å². The third kappa shape index (κ3) is 7.71. The fraction of sp³-hybridized carbons (Fsp3) is 0.588. The molecule has 0 fully saturated rings. The van der Waals surface area contributed by atoms with Gasteiger partial charge in [-0.3, -0.25) is 0 Å². The molecule has 1 rings (SSSR count). The Hall–Kier alpha value is -1.20. The van der Waals surface area contributed by atoms with Crippen molar-refractivity contribution >= 4 is 17.7 Å². The summed E-state index contributed by atoms with van der Waals surface area (Å²) in [5.74, 6) is 1.98. The fourth-order valence-electron chi connectivity index (χ4n) is 2.03. The Morgan fingerprint density at radius 1 is 1.23 bits per heavy atom. The molecule has 0 saturated carbocycles. The van der Waals surface area contributed by atoms with Crippen LogP contribution in [0.15, 0.2) is 29.3 Å². The van der Waals surface area contributed by atoms with Crippen molar-refractivity contribution < 1.29 is 0 Å². The third-order valence-corrected chi connectivity index (χ3v) is 3.96. The highest BCUT2D eigenvalue weighted by atomic mass is 32.2. The average molecular weight is 323 g/mol. The van der Waals surface area contributed by atoms with Gasteiger partial charge in [-0.05, 0) is 37.9 Å². The number of aliphatic imine (C=N–C) groups is 1. The van der Waals surface area contributed by atoms with E-state index in [2.05, 4.69) is 71.9 Å². The van der Waals surface area contributed by atoms with Gasteiger partial charge in [0.25, 0.3) is 0 Å². The summed E-state index contributed by atoms with van der Waals surface area (Å²) < 4.78 is 0. The van der Waals surface area contributed by atoms with Crippen molar-refractivity contribution in [2.24, 2.45) is 4.99 Å². The van der Waals surface area contributed by atoms with Gasteiger partial charge in [0, 0.05) is 25.4 Å². The highest BCUT2D eigenvalue weighted by Gasteiger charge is 2.00. The first-order chi connectivity index (χ1) is 10.7. The quantitative estimate of drug-likeness (QED) is 0.416. The van der Waals surface area contributed by atoms with Crippen LogP contribution in [0, 0.1) is 0 Å². The molecule has 0 unspecified atom stereocenters. The summed E-state index contributed by atoms with van der Waals surface area (Å²) in [6.45, 7) is 8.84. The third-order valence-electron chi connectivity index (χ3n) is 3.35. The van der Waals surface area contributed by atoms with Crippen molar-refractivity contribution in [2.45, 2.75) is 26.9 Å². The number of hydrogen-bond acceptors (Lipinski definition) is 3. The number of nitrogens with one attached hydrogen (secondary N) is 2. The zero-order valence-electron chi connectivity index (χ0n) is 14.4. The highest BCUT2D eigenvalue weighted by Crippen LogP contribution is 2.08. The molecule has 0 aliphatic rings. The number of guanidine groups is 1. The summed E-state index contributed by atoms with van der Waals surface area (Å²) in [6, 6.07) is 8.70. The van der Waals surface area contributed by atoms with E-state index >= 15 is 0 Å². The zero-order chi connectivity index (χ0) is 16.2. The lowest BCUT2D eigenvalue weighted by Crippen LogP contribution is -2.38. The molecule has 0 heterocycles. The summed E-state index contributed by atoms with van der Waals surface area (Å²) in [4.78, 5) is 6.97. The van der Waals surface area contributed by atoms with Crippen LogP contribution >= 0.6 is 11.8 Å². The Morgan fingerprint density at radius 2 is 2.00 bits per heavy atom. The lowest BCUT2D eigenvalue weighted by molar-refractivity contribution is 0.345. The lowest BCUT2D eigenvalue weighted by Gasteiger charge is -2.14. The molecule has 2 N–H and O–H groups in total. The minimum absolute atomic E-state index is 0.707. The lowest BCUT2D eigenvalue weighted by atomic mass is 10.1. The highest BCUT2D eigenvalue weighted by molar-refractivity contribution is 7.98. The fourth-order valence-corrected chi connectivity index (χ4v) is 2.34. The molecule has 0 aromatic heterocycles. The maximum absolute atomic E-state index is 4.67. The monoisotopic (exact) mass is 322 g/mol. The number of rotatable bonds is 9. The van der Waals surface area contributed by atoms with E-state index in [0.29, 0.717) is 6.54 Å². The summed E-state index contributed by atoms with van der Waals surface area (Å²) >= 11 is 1.84. The maximum atomic E-state index is 4.67. The van der Waals surface area contributed by atoms with E-state index in [4.69, 9.17) is 0 Å². The van der Waals surface area contributed by atoms with Crippen molar-refractivity contribution in [1.82, 2.24) is 15.5 Å². The molecule has 5 heteroatoms. The minimum atomic E-state index is 0.707. The van der Waals surface area contributed by atoms with Gasteiger partial charge >= 0.3 is 0 Å². The Kier molecular flexibility index (Phi) is 9.75. The van der Waals surface area contributed by atoms with Crippen molar-refractivity contribution in [3.8, 4) is 0 Å². The summed E-state index contributed by atoms with van der Waals surface area (Å²) in [5, 5.41) is 6.65. The Labute approximate surface area is 139 Å². The second kappa shape index (κ2) is 11.4. The predicted octanol–water partition coefficient (Wildman–Crippen LogP) is 2.56. The molecule has 0 radical (unpaired) electrons. The molecular formula is C17H30N4S. The average Bonchev–Trinajstić information content (AvgIpc) is 2.53. The van der Waals surface area contributed by atoms with Crippen LogP contribution in [-0.4, -0.2) is 49.6 Å². The summed E-state index contributed by atoms with van der Waals surface area (Å²) in [7, 11) is 2.14. The van der Waals surface area contributed by atoms with Gasteiger partial charge in [0.15, 0.2) is 5.96 Å². The first-order valence-corrected chi connectivity index (χ1v) is 9.36. The molecule has 0 aliphatic heterocycles. The van der Waals surface area contributed by atoms with Gasteiger partial charge in [-0.2, -0.15) is 11.8 Å². The molecule has 0 saturated heterocycles. The first-order valence-electron chi connectivity index (χ1n) is 7.97. The number of benzene rings is 1. The van der Waals surface area contributed by atoms with E-state index < -0.39 is 0 Å². The smallest absolute Gasteiger partial charge is 0.191 e. The number of nitrogens with zero attached hydrogens (tertiary/aromatic N) is 2. The normalized spacial score (nSPS) is 11.8. The molecule has 22 heavy (non-hydrogen) atoms. The van der Waals surface area contributed by atoms with Gasteiger partial charge < -0.3 is 15.5 Å². The van der Waals surface area contributed by atoms with E-state index in [0.717, 1.165) is 37.9 Å². The van der Waals surface area contributed by atoms with Gasteiger partial charge in [0.1, 0.15) is 0 Å². The van der Waals surface area contributed by atoms with Crippen LogP contribution in [0.25, 0.3) is 0 Å². The Balaban J connectivity index is 2.62. The topological polar surface area (TPSA) is 39.7 Å². The van der Waals surface area contributed by atoms with Crippen LogP contribution in [0.4, 0.5) is 0 Å². The van der Waals surface area contributed by atoms with Crippen LogP contribution in [0.5, 0.6) is 0 Å². The second-order valence-corrected chi connectivity index (χ2v) is 6.25. The molecule has 0 atom stereocenters. The number of hydrogen-bond donors (Lipinski definition) is 2. The van der Waals surface area contributed by atoms with Crippen LogP contribution in [0.1, 0.15) is 25.0 Å². The number of thioether (sulfide) groups is 1. The zero-order valence-corrected chi connectivity index (χ0v) is 15.2. The van der Waals surface area contributed by atoms with Gasteiger partial charge in [-0.25, -0.2) is 4.99 Å². The molecule has 124 valence electrons. The molecule has 0 bridgehead atoms. The van der Waals surface area contributed by atoms with Crippen molar-refractivity contribution in [2.75, 3.05) is 38.7 Å². The van der Waals surface area contributed by atoms with Gasteiger partial charge in [-0.15, -0.1) is 0 Å². The van der Waals surface area contributed by atoms with E-state index in [1.54, 1.807) is 0 Å². The van der Waals surface area contributed by atoms with Crippen LogP contribution in [0.3, 0.4) is 0 Å². The Bertz CT molecular complexity index is 448. The molecule has 1 aromatic carbocycles. The van der Waals surface area contributed by atoms with E-state index in [1.165, 1.54) is 11.1 Å². The van der Waals surface area contributed by atoms with Gasteiger partial charge in [-0.1, -0.05) is 31.2 Å². The van der Waals surface area contributed by atoms with Crippen LogP contribution < -0.4 is 10.6 Å². The maximum Gasteiger partial charge on any atom is 0.191 e. The molecule has 0 aliphatic carbocycles. The van der Waals surface area contributed by atoms with E-state index in [9.17, 15) is 0 Å². The molecule has 4 nitrogen and oxygen atoms in total. The second-order valence-electron chi connectivity index (χ2n) is 5.27. The summed E-state index contributed by atoms with van der Waals surface area (Å²) in [6.07, 6.45) is 2.12. The predicted molar refractivity (Wildman–Crippen MR) is 99.7 cm³/mol. The van der Waals surface area contributed by atoms with E-state index in [1.807, 2.05) is 11.8 Å². The van der Waals surface area contributed by atoms with Gasteiger partial charge in [0.2, 0.25) is 0 Å². The van der Waals surface area contributed by atoms with Gasteiger partial charge in [0.05, 0.1) is 6.54 Å². The molecule has 0 spiro atoms. The molecule has 0 amide bonds. The minimum Gasteiger partial charge on any atom is -0.357 e. The molecular weight excluding hydrogens is 292 g/mol. The van der Waals surface area contributed by atoms with Crippen molar-refractivity contribution in [3.63, 3.8) is 0 Å². The van der Waals surface area contributed by atoms with Crippen LogP contribution in [0.2, 0.25) is 0 Å². The SMILES string of the molecule is CCNC(=NCc1cccc(CN(C)CC)c1)NCCSC.